The van der Waals surface area contributed by atoms with E-state index in [2.05, 4.69) is 39.7 Å². The lowest BCUT2D eigenvalue weighted by Gasteiger charge is -2.23. The van der Waals surface area contributed by atoms with Gasteiger partial charge in [-0.15, -0.1) is 0 Å². The molecular weight excluding hydrogens is 453 g/mol. The van der Waals surface area contributed by atoms with E-state index in [0.29, 0.717) is 11.2 Å². The number of nitrogens with one attached hydrogen (secondary N) is 1. The number of benzene rings is 2. The number of fused-ring (bicyclic) bond motifs is 2. The van der Waals surface area contributed by atoms with Gasteiger partial charge in [0.05, 0.1) is 23.6 Å². The molecule has 6 rings (SSSR count). The summed E-state index contributed by atoms with van der Waals surface area (Å²) < 4.78 is 15.9. The molecule has 1 fully saturated rings. The first kappa shape index (κ1) is 22.7. The first-order valence-electron chi connectivity index (χ1n) is 12.8. The molecule has 184 valence electrons. The van der Waals surface area contributed by atoms with Crippen LogP contribution in [0, 0.1) is 5.82 Å². The average Bonchev–Trinajstić information content (AvgIpc) is 3.36. The molecule has 0 radical (unpaired) electrons. The van der Waals surface area contributed by atoms with Crippen LogP contribution in [-0.4, -0.2) is 39.8 Å². The van der Waals surface area contributed by atoms with Gasteiger partial charge in [0.1, 0.15) is 11.5 Å². The van der Waals surface area contributed by atoms with Crippen LogP contribution in [0.2, 0.25) is 0 Å². The molecule has 4 aromatic rings. The van der Waals surface area contributed by atoms with Crippen LogP contribution < -0.4 is 10.4 Å². The van der Waals surface area contributed by atoms with Crippen LogP contribution in [0.3, 0.4) is 0 Å². The highest BCUT2D eigenvalue weighted by Crippen LogP contribution is 2.38. The van der Waals surface area contributed by atoms with Gasteiger partial charge in [-0.05, 0) is 49.1 Å². The molecule has 1 atom stereocenters. The van der Waals surface area contributed by atoms with Crippen LogP contribution in [-0.2, 0) is 6.42 Å². The van der Waals surface area contributed by atoms with Crippen LogP contribution in [0.5, 0.6) is 0 Å². The van der Waals surface area contributed by atoms with E-state index >= 15 is 0 Å². The maximum atomic E-state index is 14.1. The van der Waals surface area contributed by atoms with Gasteiger partial charge in [0.15, 0.2) is 0 Å². The van der Waals surface area contributed by atoms with Crippen molar-refractivity contribution in [2.24, 2.45) is 0 Å². The third kappa shape index (κ3) is 4.35. The van der Waals surface area contributed by atoms with E-state index in [9.17, 15) is 9.18 Å². The summed E-state index contributed by atoms with van der Waals surface area (Å²) in [5, 5.41) is 2.13. The van der Waals surface area contributed by atoms with Gasteiger partial charge in [-0.3, -0.25) is 9.20 Å². The minimum atomic E-state index is -0.306. The molecule has 0 aliphatic carbocycles. The number of hydrazine groups is 1. The van der Waals surface area contributed by atoms with Gasteiger partial charge >= 0.3 is 0 Å². The van der Waals surface area contributed by atoms with Gasteiger partial charge in [-0.25, -0.2) is 14.8 Å². The zero-order valence-corrected chi connectivity index (χ0v) is 20.2. The number of aromatic nitrogens is 2. The second-order valence-electron chi connectivity index (χ2n) is 9.69. The molecule has 1 amide bonds. The van der Waals surface area contributed by atoms with E-state index < -0.39 is 0 Å². The summed E-state index contributed by atoms with van der Waals surface area (Å²) in [6.45, 7) is 2.38. The van der Waals surface area contributed by atoms with Gasteiger partial charge in [0.25, 0.3) is 5.91 Å². The summed E-state index contributed by atoms with van der Waals surface area (Å²) in [4.78, 5) is 19.9. The van der Waals surface area contributed by atoms with Crippen LogP contribution >= 0.6 is 0 Å². The Bertz CT molecular complexity index is 1380. The Balaban J connectivity index is 1.35. The quantitative estimate of drug-likeness (QED) is 0.427. The number of carbonyl (C=O) groups is 1. The smallest absolute Gasteiger partial charge is 0.253 e. The molecule has 1 saturated heterocycles. The maximum absolute atomic E-state index is 14.1. The van der Waals surface area contributed by atoms with Gasteiger partial charge in [0, 0.05) is 37.0 Å². The Labute approximate surface area is 210 Å². The second-order valence-corrected chi connectivity index (χ2v) is 9.69. The minimum Gasteiger partial charge on any atom is -0.339 e. The lowest BCUT2D eigenvalue weighted by Crippen LogP contribution is -2.37. The van der Waals surface area contributed by atoms with E-state index in [0.717, 1.165) is 55.8 Å². The molecule has 2 aliphatic heterocycles. The molecule has 2 aromatic heterocycles. The van der Waals surface area contributed by atoms with Gasteiger partial charge in [0.2, 0.25) is 0 Å². The number of rotatable bonds is 5. The number of amides is 1. The normalized spacial score (nSPS) is 17.9. The molecule has 0 saturated carbocycles. The zero-order valence-electron chi connectivity index (χ0n) is 20.2. The highest BCUT2D eigenvalue weighted by Gasteiger charge is 2.32. The fourth-order valence-corrected chi connectivity index (χ4v) is 5.39. The van der Waals surface area contributed by atoms with Crippen molar-refractivity contribution in [3.05, 3.63) is 101 Å². The molecule has 4 heterocycles. The number of halogens is 1. The van der Waals surface area contributed by atoms with Crippen molar-refractivity contribution in [3.8, 4) is 0 Å². The average molecular weight is 484 g/mol. The fraction of sp³-hybridized carbons (Fsp3) is 0.310. The number of anilines is 1. The summed E-state index contributed by atoms with van der Waals surface area (Å²) in [6.07, 6.45) is 8.63. The third-order valence-corrected chi connectivity index (χ3v) is 7.32. The highest BCUT2D eigenvalue weighted by molar-refractivity contribution is 5.95. The van der Waals surface area contributed by atoms with Gasteiger partial charge < -0.3 is 9.91 Å². The zero-order chi connectivity index (χ0) is 24.5. The predicted molar refractivity (Wildman–Crippen MR) is 138 cm³/mol. The number of hydrogen-bond acceptors (Lipinski definition) is 4. The molecule has 2 aliphatic rings. The van der Waals surface area contributed by atoms with Crippen molar-refractivity contribution in [1.29, 1.82) is 0 Å². The van der Waals surface area contributed by atoms with Crippen molar-refractivity contribution < 1.29 is 9.18 Å². The Morgan fingerprint density at radius 2 is 1.81 bits per heavy atom. The SMILES string of the molecule is O=C(c1ccc2c(c1)N(CCc1ccccc1)NC2c1cnc2ccc(F)cn12)N1CCCCCC1. The number of hydrogen-bond donors (Lipinski definition) is 1. The Kier molecular flexibility index (Phi) is 6.15. The number of carbonyl (C=O) groups excluding carboxylic acids is 1. The lowest BCUT2D eigenvalue weighted by molar-refractivity contribution is 0.0761. The molecule has 7 heteroatoms. The van der Waals surface area contributed by atoms with Crippen LogP contribution in [0.4, 0.5) is 10.1 Å². The van der Waals surface area contributed by atoms with Crippen molar-refractivity contribution in [3.63, 3.8) is 0 Å². The van der Waals surface area contributed by atoms with E-state index in [1.54, 1.807) is 16.7 Å². The summed E-state index contributed by atoms with van der Waals surface area (Å²) >= 11 is 0. The van der Waals surface area contributed by atoms with Crippen LogP contribution in [0.15, 0.2) is 73.1 Å². The molecule has 36 heavy (non-hydrogen) atoms. The van der Waals surface area contributed by atoms with Crippen LogP contribution in [0.25, 0.3) is 5.65 Å². The van der Waals surface area contributed by atoms with E-state index in [4.69, 9.17) is 0 Å². The largest absolute Gasteiger partial charge is 0.339 e. The molecule has 2 aromatic carbocycles. The summed E-state index contributed by atoms with van der Waals surface area (Å²) in [6, 6.07) is 19.3. The number of likely N-dealkylation sites (tertiary alicyclic amines) is 1. The summed E-state index contributed by atoms with van der Waals surface area (Å²) in [7, 11) is 0. The Morgan fingerprint density at radius 3 is 2.61 bits per heavy atom. The summed E-state index contributed by atoms with van der Waals surface area (Å²) in [5.41, 5.74) is 9.19. The molecule has 0 bridgehead atoms. The van der Waals surface area contributed by atoms with Gasteiger partial charge in [-0.2, -0.15) is 0 Å². The molecular formula is C29H30FN5O. The highest BCUT2D eigenvalue weighted by atomic mass is 19.1. The summed E-state index contributed by atoms with van der Waals surface area (Å²) in [5.74, 6) is -0.206. The molecule has 1 N–H and O–H groups in total. The van der Waals surface area contributed by atoms with Crippen molar-refractivity contribution >= 4 is 17.2 Å². The second kappa shape index (κ2) is 9.74. The number of imidazole rings is 1. The third-order valence-electron chi connectivity index (χ3n) is 7.32. The number of nitrogens with zero attached hydrogens (tertiary/aromatic N) is 4. The van der Waals surface area contributed by atoms with Gasteiger partial charge in [-0.1, -0.05) is 49.2 Å². The van der Waals surface area contributed by atoms with Crippen molar-refractivity contribution in [2.45, 2.75) is 38.1 Å². The molecule has 0 spiro atoms. The monoisotopic (exact) mass is 483 g/mol. The van der Waals surface area contributed by atoms with E-state index in [1.807, 2.05) is 29.2 Å². The number of pyridine rings is 1. The first-order valence-corrected chi connectivity index (χ1v) is 12.8. The lowest BCUT2D eigenvalue weighted by atomic mass is 10.0. The first-order chi connectivity index (χ1) is 17.7. The molecule has 1 unspecified atom stereocenters. The topological polar surface area (TPSA) is 52.9 Å². The predicted octanol–water partition coefficient (Wildman–Crippen LogP) is 5.15. The maximum Gasteiger partial charge on any atom is 0.253 e. The molecule has 6 nitrogen and oxygen atoms in total. The van der Waals surface area contributed by atoms with Crippen LogP contribution in [0.1, 0.15) is 58.9 Å². The van der Waals surface area contributed by atoms with E-state index in [1.165, 1.54) is 30.7 Å². The fourth-order valence-electron chi connectivity index (χ4n) is 5.39. The van der Waals surface area contributed by atoms with E-state index in [-0.39, 0.29) is 17.8 Å². The standard InChI is InChI=1S/C29H30FN5O/c30-23-11-13-27-31-19-26(34(27)20-23)28-24-12-10-22(29(36)33-15-6-1-2-7-16-33)18-25(24)35(32-28)17-14-21-8-4-3-5-9-21/h3-5,8-13,18-20,28,32H,1-2,6-7,14-17H2. The van der Waals surface area contributed by atoms with Crippen molar-refractivity contribution in [2.75, 3.05) is 24.6 Å². The Morgan fingerprint density at radius 1 is 1.00 bits per heavy atom. The minimum absolute atomic E-state index is 0.100. The Hall–Kier alpha value is -3.71. The van der Waals surface area contributed by atoms with Crippen molar-refractivity contribution in [1.82, 2.24) is 19.7 Å².